The molecule has 0 atom stereocenters. The summed E-state index contributed by atoms with van der Waals surface area (Å²) in [5.74, 6) is 1.04. The number of anilines is 1. The van der Waals surface area contributed by atoms with E-state index in [0.717, 1.165) is 0 Å². The van der Waals surface area contributed by atoms with Crippen LogP contribution in [0.2, 0.25) is 5.02 Å². The Hall–Kier alpha value is -2.53. The SMILES string of the molecule is CC(=O)c1ccc2c(c1)N(CCOc1ccc(Cl)cc1)C(=O)CO2. The Kier molecular flexibility index (Phi) is 4.71. The Balaban J connectivity index is 1.73. The van der Waals surface area contributed by atoms with Gasteiger partial charge in [-0.25, -0.2) is 0 Å². The molecule has 0 fully saturated rings. The summed E-state index contributed by atoms with van der Waals surface area (Å²) in [7, 11) is 0. The monoisotopic (exact) mass is 345 g/mol. The summed E-state index contributed by atoms with van der Waals surface area (Å²) in [5.41, 5.74) is 1.13. The lowest BCUT2D eigenvalue weighted by molar-refractivity contribution is -0.121. The molecule has 0 saturated heterocycles. The van der Waals surface area contributed by atoms with E-state index in [0.29, 0.717) is 40.9 Å². The number of Topliss-reactive ketones (excluding diaryl/α,β-unsaturated/α-hetero) is 1. The number of benzene rings is 2. The lowest BCUT2D eigenvalue weighted by atomic mass is 10.1. The summed E-state index contributed by atoms with van der Waals surface area (Å²) < 4.78 is 11.1. The van der Waals surface area contributed by atoms with Crippen molar-refractivity contribution in [2.45, 2.75) is 6.92 Å². The molecule has 2 aromatic carbocycles. The van der Waals surface area contributed by atoms with Crippen LogP contribution in [0.25, 0.3) is 0 Å². The highest BCUT2D eigenvalue weighted by molar-refractivity contribution is 6.30. The molecule has 124 valence electrons. The highest BCUT2D eigenvalue weighted by Crippen LogP contribution is 2.33. The van der Waals surface area contributed by atoms with E-state index in [9.17, 15) is 9.59 Å². The van der Waals surface area contributed by atoms with Crippen LogP contribution in [0.15, 0.2) is 42.5 Å². The average Bonchev–Trinajstić information content (AvgIpc) is 2.58. The highest BCUT2D eigenvalue weighted by atomic mass is 35.5. The number of carbonyl (C=O) groups excluding carboxylic acids is 2. The zero-order valence-electron chi connectivity index (χ0n) is 13.1. The molecule has 5 nitrogen and oxygen atoms in total. The Bertz CT molecular complexity index is 773. The zero-order valence-corrected chi connectivity index (χ0v) is 13.9. The number of hydrogen-bond donors (Lipinski definition) is 0. The average molecular weight is 346 g/mol. The predicted octanol–water partition coefficient (Wildman–Crippen LogP) is 3.35. The van der Waals surface area contributed by atoms with Gasteiger partial charge in [0.05, 0.1) is 12.2 Å². The number of rotatable bonds is 5. The van der Waals surface area contributed by atoms with Gasteiger partial charge in [-0.15, -0.1) is 0 Å². The molecule has 0 aliphatic carbocycles. The number of fused-ring (bicyclic) bond motifs is 1. The summed E-state index contributed by atoms with van der Waals surface area (Å²) in [6, 6.07) is 12.1. The van der Waals surface area contributed by atoms with Crippen molar-refractivity contribution in [1.29, 1.82) is 0 Å². The third kappa shape index (κ3) is 3.51. The van der Waals surface area contributed by atoms with Crippen LogP contribution in [-0.2, 0) is 4.79 Å². The van der Waals surface area contributed by atoms with Crippen molar-refractivity contribution in [3.8, 4) is 11.5 Å². The van der Waals surface area contributed by atoms with Crippen LogP contribution in [-0.4, -0.2) is 31.4 Å². The summed E-state index contributed by atoms with van der Waals surface area (Å²) >= 11 is 5.83. The van der Waals surface area contributed by atoms with Gasteiger partial charge in [0.25, 0.3) is 5.91 Å². The van der Waals surface area contributed by atoms with Gasteiger partial charge in [0.15, 0.2) is 12.4 Å². The van der Waals surface area contributed by atoms with E-state index in [2.05, 4.69) is 0 Å². The van der Waals surface area contributed by atoms with Crippen LogP contribution < -0.4 is 14.4 Å². The molecule has 1 amide bonds. The van der Waals surface area contributed by atoms with E-state index < -0.39 is 0 Å². The smallest absolute Gasteiger partial charge is 0.265 e. The van der Waals surface area contributed by atoms with Crippen LogP contribution in [0.4, 0.5) is 5.69 Å². The van der Waals surface area contributed by atoms with Crippen LogP contribution >= 0.6 is 11.6 Å². The Morgan fingerprint density at radius 3 is 2.71 bits per heavy atom. The van der Waals surface area contributed by atoms with Gasteiger partial charge in [-0.2, -0.15) is 0 Å². The number of carbonyl (C=O) groups is 2. The predicted molar refractivity (Wildman–Crippen MR) is 91.2 cm³/mol. The largest absolute Gasteiger partial charge is 0.492 e. The van der Waals surface area contributed by atoms with Gasteiger partial charge in [0.2, 0.25) is 0 Å². The number of ether oxygens (including phenoxy) is 2. The Morgan fingerprint density at radius 2 is 2.00 bits per heavy atom. The third-order valence-electron chi connectivity index (χ3n) is 3.71. The van der Waals surface area contributed by atoms with Crippen molar-refractivity contribution >= 4 is 29.0 Å². The van der Waals surface area contributed by atoms with Gasteiger partial charge in [-0.05, 0) is 49.4 Å². The second-order valence-electron chi connectivity index (χ2n) is 5.38. The molecule has 24 heavy (non-hydrogen) atoms. The molecule has 0 N–H and O–H groups in total. The molecule has 1 heterocycles. The molecule has 0 radical (unpaired) electrons. The fraction of sp³-hybridized carbons (Fsp3) is 0.222. The maximum absolute atomic E-state index is 12.2. The molecule has 2 aromatic rings. The number of halogens is 1. The normalized spacial score (nSPS) is 13.2. The van der Waals surface area contributed by atoms with Crippen molar-refractivity contribution in [2.24, 2.45) is 0 Å². The maximum Gasteiger partial charge on any atom is 0.265 e. The van der Waals surface area contributed by atoms with Crippen molar-refractivity contribution < 1.29 is 19.1 Å². The summed E-state index contributed by atoms with van der Waals surface area (Å²) in [6.07, 6.45) is 0. The second-order valence-corrected chi connectivity index (χ2v) is 5.81. The molecule has 6 heteroatoms. The second kappa shape index (κ2) is 6.93. The van der Waals surface area contributed by atoms with Crippen LogP contribution in [0.3, 0.4) is 0 Å². The van der Waals surface area contributed by atoms with Gasteiger partial charge < -0.3 is 14.4 Å². The van der Waals surface area contributed by atoms with E-state index in [-0.39, 0.29) is 18.3 Å². The van der Waals surface area contributed by atoms with Crippen molar-refractivity contribution in [1.82, 2.24) is 0 Å². The number of nitrogens with zero attached hydrogens (tertiary/aromatic N) is 1. The first-order valence-corrected chi connectivity index (χ1v) is 7.89. The van der Waals surface area contributed by atoms with E-state index in [4.69, 9.17) is 21.1 Å². The van der Waals surface area contributed by atoms with Gasteiger partial charge in [-0.1, -0.05) is 11.6 Å². The minimum atomic E-state index is -0.164. The summed E-state index contributed by atoms with van der Waals surface area (Å²) in [6.45, 7) is 2.14. The lowest BCUT2D eigenvalue weighted by Crippen LogP contribution is -2.41. The number of ketones is 1. The topological polar surface area (TPSA) is 55.8 Å². The zero-order chi connectivity index (χ0) is 17.1. The van der Waals surface area contributed by atoms with Gasteiger partial charge in [-0.3, -0.25) is 9.59 Å². The summed E-state index contributed by atoms with van der Waals surface area (Å²) in [5, 5.41) is 0.636. The first kappa shape index (κ1) is 16.3. The number of hydrogen-bond acceptors (Lipinski definition) is 4. The molecule has 1 aliphatic heterocycles. The lowest BCUT2D eigenvalue weighted by Gasteiger charge is -2.29. The maximum atomic E-state index is 12.2. The molecule has 0 unspecified atom stereocenters. The van der Waals surface area contributed by atoms with Gasteiger partial charge in [0.1, 0.15) is 18.1 Å². The van der Waals surface area contributed by atoms with Crippen LogP contribution in [0.1, 0.15) is 17.3 Å². The van der Waals surface area contributed by atoms with Crippen molar-refractivity contribution in [3.05, 3.63) is 53.1 Å². The third-order valence-corrected chi connectivity index (χ3v) is 3.96. The van der Waals surface area contributed by atoms with E-state index in [1.807, 2.05) is 0 Å². The molecule has 1 aliphatic rings. The van der Waals surface area contributed by atoms with E-state index >= 15 is 0 Å². The van der Waals surface area contributed by atoms with Crippen molar-refractivity contribution in [3.63, 3.8) is 0 Å². The molecular weight excluding hydrogens is 330 g/mol. The molecule has 3 rings (SSSR count). The first-order valence-electron chi connectivity index (χ1n) is 7.51. The van der Waals surface area contributed by atoms with Crippen LogP contribution in [0, 0.1) is 0 Å². The first-order chi connectivity index (χ1) is 11.5. The Labute approximate surface area is 144 Å². The molecule has 0 bridgehead atoms. The standard InChI is InChI=1S/C18H16ClNO4/c1-12(21)13-2-7-17-16(10-13)20(18(22)11-24-17)8-9-23-15-5-3-14(19)4-6-15/h2-7,10H,8-9,11H2,1H3. The van der Waals surface area contributed by atoms with E-state index in [1.165, 1.54) is 6.92 Å². The van der Waals surface area contributed by atoms with Crippen molar-refractivity contribution in [2.75, 3.05) is 24.7 Å². The molecule has 0 aromatic heterocycles. The van der Waals surface area contributed by atoms with Gasteiger partial charge in [0, 0.05) is 10.6 Å². The molecule has 0 spiro atoms. The number of amides is 1. The minimum Gasteiger partial charge on any atom is -0.492 e. The summed E-state index contributed by atoms with van der Waals surface area (Å²) in [4.78, 5) is 25.3. The molecule has 0 saturated carbocycles. The van der Waals surface area contributed by atoms with Gasteiger partial charge >= 0.3 is 0 Å². The quantitative estimate of drug-likeness (QED) is 0.780. The fourth-order valence-electron chi connectivity index (χ4n) is 2.45. The van der Waals surface area contributed by atoms with Crippen LogP contribution in [0.5, 0.6) is 11.5 Å². The molecular formula is C18H16ClNO4. The van der Waals surface area contributed by atoms with E-state index in [1.54, 1.807) is 47.4 Å². The Morgan fingerprint density at radius 1 is 1.25 bits per heavy atom. The fourth-order valence-corrected chi connectivity index (χ4v) is 2.58. The highest BCUT2D eigenvalue weighted by Gasteiger charge is 2.26. The minimum absolute atomic E-state index is 0.0205.